The summed E-state index contributed by atoms with van der Waals surface area (Å²) < 4.78 is 0. The molecule has 166 valence electrons. The minimum atomic E-state index is 0.0279. The van der Waals surface area contributed by atoms with Crippen molar-refractivity contribution in [1.29, 1.82) is 0 Å². The number of amides is 1. The molecular formula is C28H26ClN3O. The number of pyridine rings is 1. The normalized spacial score (nSPS) is 14.3. The van der Waals surface area contributed by atoms with Gasteiger partial charge in [0, 0.05) is 21.7 Å². The highest BCUT2D eigenvalue weighted by Crippen LogP contribution is 2.34. The summed E-state index contributed by atoms with van der Waals surface area (Å²) in [5.74, 6) is 0.0279. The number of piperidine rings is 1. The third-order valence-corrected chi connectivity index (χ3v) is 6.35. The molecule has 0 bridgehead atoms. The molecule has 1 N–H and O–H groups in total. The quantitative estimate of drug-likeness (QED) is 0.366. The van der Waals surface area contributed by atoms with Crippen LogP contribution in [0.2, 0.25) is 5.02 Å². The van der Waals surface area contributed by atoms with E-state index in [1.54, 1.807) is 0 Å². The monoisotopic (exact) mass is 455 g/mol. The average Bonchev–Trinajstić information content (AvgIpc) is 2.84. The van der Waals surface area contributed by atoms with E-state index in [1.165, 1.54) is 19.3 Å². The maximum atomic E-state index is 12.6. The molecule has 3 aromatic carbocycles. The molecular weight excluding hydrogens is 430 g/mol. The number of benzene rings is 3. The second-order valence-electron chi connectivity index (χ2n) is 8.55. The summed E-state index contributed by atoms with van der Waals surface area (Å²) in [7, 11) is 0. The Balaban J connectivity index is 1.47. The van der Waals surface area contributed by atoms with Crippen molar-refractivity contribution in [2.75, 3.05) is 25.0 Å². The highest BCUT2D eigenvalue weighted by Gasteiger charge is 2.15. The van der Waals surface area contributed by atoms with Crippen LogP contribution in [0.25, 0.3) is 33.3 Å². The number of carbonyl (C=O) groups excluding carboxylic acids is 1. The fraction of sp³-hybridized carbons (Fsp3) is 0.214. The van der Waals surface area contributed by atoms with E-state index in [0.717, 1.165) is 52.1 Å². The zero-order chi connectivity index (χ0) is 22.6. The van der Waals surface area contributed by atoms with Gasteiger partial charge in [0.05, 0.1) is 17.8 Å². The van der Waals surface area contributed by atoms with E-state index >= 15 is 0 Å². The largest absolute Gasteiger partial charge is 0.325 e. The van der Waals surface area contributed by atoms with Gasteiger partial charge in [-0.05, 0) is 73.5 Å². The molecule has 0 aliphatic carbocycles. The van der Waals surface area contributed by atoms with Gasteiger partial charge in [0.15, 0.2) is 0 Å². The molecule has 33 heavy (non-hydrogen) atoms. The first kappa shape index (κ1) is 21.6. The third-order valence-electron chi connectivity index (χ3n) is 6.11. The van der Waals surface area contributed by atoms with E-state index in [2.05, 4.69) is 28.4 Å². The lowest BCUT2D eigenvalue weighted by atomic mass is 9.98. The molecule has 1 aliphatic rings. The van der Waals surface area contributed by atoms with Crippen LogP contribution in [0.1, 0.15) is 19.3 Å². The van der Waals surface area contributed by atoms with Crippen LogP contribution in [0.3, 0.4) is 0 Å². The number of nitrogens with one attached hydrogen (secondary N) is 1. The van der Waals surface area contributed by atoms with Gasteiger partial charge in [-0.3, -0.25) is 9.69 Å². The third kappa shape index (κ3) is 5.08. The van der Waals surface area contributed by atoms with Crippen LogP contribution in [-0.2, 0) is 4.79 Å². The molecule has 1 saturated heterocycles. The number of carbonyl (C=O) groups is 1. The molecule has 1 aliphatic heterocycles. The predicted octanol–water partition coefficient (Wildman–Crippen LogP) is 6.65. The van der Waals surface area contributed by atoms with E-state index in [1.807, 2.05) is 60.7 Å². The Labute approximate surface area is 199 Å². The van der Waals surface area contributed by atoms with Crippen LogP contribution >= 0.6 is 11.6 Å². The van der Waals surface area contributed by atoms with Gasteiger partial charge in [0.25, 0.3) is 0 Å². The Kier molecular flexibility index (Phi) is 6.38. The minimum Gasteiger partial charge on any atom is -0.325 e. The predicted molar refractivity (Wildman–Crippen MR) is 137 cm³/mol. The Hall–Kier alpha value is -3.21. The number of hydrogen-bond acceptors (Lipinski definition) is 3. The van der Waals surface area contributed by atoms with Gasteiger partial charge in [-0.1, -0.05) is 60.5 Å². The molecule has 4 aromatic rings. The highest BCUT2D eigenvalue weighted by molar-refractivity contribution is 6.31. The van der Waals surface area contributed by atoms with E-state index < -0.39 is 0 Å². The first-order valence-corrected chi connectivity index (χ1v) is 11.8. The maximum absolute atomic E-state index is 12.6. The van der Waals surface area contributed by atoms with Gasteiger partial charge in [0.1, 0.15) is 0 Å². The first-order chi connectivity index (χ1) is 16.2. The summed E-state index contributed by atoms with van der Waals surface area (Å²) in [6.07, 6.45) is 3.60. The van der Waals surface area contributed by atoms with Crippen molar-refractivity contribution in [3.05, 3.63) is 83.9 Å². The second-order valence-corrected chi connectivity index (χ2v) is 8.98. The number of halogens is 1. The van der Waals surface area contributed by atoms with Crippen LogP contribution < -0.4 is 5.32 Å². The standard InChI is InChI=1S/C28H26ClN3O/c29-22-12-13-26-25(17-22)24(20-8-3-1-4-9-20)18-27(31-26)21-10-7-11-23(16-21)30-28(33)19-32-14-5-2-6-15-32/h1,3-4,7-13,16-18H,2,5-6,14-15,19H2,(H,30,33). The van der Waals surface area contributed by atoms with Crippen molar-refractivity contribution >= 4 is 34.1 Å². The van der Waals surface area contributed by atoms with Crippen molar-refractivity contribution in [2.24, 2.45) is 0 Å². The first-order valence-electron chi connectivity index (χ1n) is 11.4. The summed E-state index contributed by atoms with van der Waals surface area (Å²) in [6, 6.07) is 26.1. The average molecular weight is 456 g/mol. The molecule has 5 rings (SSSR count). The number of likely N-dealkylation sites (tertiary alicyclic amines) is 1. The molecule has 2 heterocycles. The fourth-order valence-corrected chi connectivity index (χ4v) is 4.65. The Bertz CT molecular complexity index is 1280. The number of aromatic nitrogens is 1. The van der Waals surface area contributed by atoms with Gasteiger partial charge in [-0.15, -0.1) is 0 Å². The molecule has 0 atom stereocenters. The van der Waals surface area contributed by atoms with Crippen LogP contribution in [-0.4, -0.2) is 35.4 Å². The molecule has 0 unspecified atom stereocenters. The van der Waals surface area contributed by atoms with E-state index in [-0.39, 0.29) is 5.91 Å². The number of fused-ring (bicyclic) bond motifs is 1. The van der Waals surface area contributed by atoms with Crippen LogP contribution in [0.4, 0.5) is 5.69 Å². The Morgan fingerprint density at radius 2 is 1.67 bits per heavy atom. The van der Waals surface area contributed by atoms with E-state index in [4.69, 9.17) is 16.6 Å². The lowest BCUT2D eigenvalue weighted by Gasteiger charge is -2.25. The van der Waals surface area contributed by atoms with Crippen molar-refractivity contribution < 1.29 is 4.79 Å². The molecule has 0 spiro atoms. The summed E-state index contributed by atoms with van der Waals surface area (Å²) >= 11 is 6.30. The molecule has 1 amide bonds. The maximum Gasteiger partial charge on any atom is 0.238 e. The molecule has 5 heteroatoms. The highest BCUT2D eigenvalue weighted by atomic mass is 35.5. The Morgan fingerprint density at radius 3 is 2.48 bits per heavy atom. The number of rotatable bonds is 5. The van der Waals surface area contributed by atoms with Gasteiger partial charge < -0.3 is 5.32 Å². The van der Waals surface area contributed by atoms with Crippen molar-refractivity contribution in [2.45, 2.75) is 19.3 Å². The number of nitrogens with zero attached hydrogens (tertiary/aromatic N) is 2. The lowest BCUT2D eigenvalue weighted by molar-refractivity contribution is -0.117. The summed E-state index contributed by atoms with van der Waals surface area (Å²) in [4.78, 5) is 19.7. The number of hydrogen-bond donors (Lipinski definition) is 1. The topological polar surface area (TPSA) is 45.2 Å². The Morgan fingerprint density at radius 1 is 0.879 bits per heavy atom. The van der Waals surface area contributed by atoms with Crippen LogP contribution in [0.15, 0.2) is 78.9 Å². The lowest BCUT2D eigenvalue weighted by Crippen LogP contribution is -2.36. The molecule has 1 fully saturated rings. The number of anilines is 1. The van der Waals surface area contributed by atoms with Crippen molar-refractivity contribution in [3.8, 4) is 22.4 Å². The molecule has 0 saturated carbocycles. The van der Waals surface area contributed by atoms with Crippen LogP contribution in [0.5, 0.6) is 0 Å². The van der Waals surface area contributed by atoms with E-state index in [9.17, 15) is 4.79 Å². The van der Waals surface area contributed by atoms with Gasteiger partial charge >= 0.3 is 0 Å². The summed E-state index contributed by atoms with van der Waals surface area (Å²) in [5.41, 5.74) is 5.68. The molecule has 1 aromatic heterocycles. The van der Waals surface area contributed by atoms with Gasteiger partial charge in [-0.25, -0.2) is 4.98 Å². The summed E-state index contributed by atoms with van der Waals surface area (Å²) in [6.45, 7) is 2.44. The SMILES string of the molecule is O=C(CN1CCCCC1)Nc1cccc(-c2cc(-c3ccccc3)c3cc(Cl)ccc3n2)c1. The van der Waals surface area contributed by atoms with Crippen molar-refractivity contribution in [1.82, 2.24) is 9.88 Å². The molecule has 4 nitrogen and oxygen atoms in total. The van der Waals surface area contributed by atoms with Crippen molar-refractivity contribution in [3.63, 3.8) is 0 Å². The van der Waals surface area contributed by atoms with Gasteiger partial charge in [-0.2, -0.15) is 0 Å². The zero-order valence-electron chi connectivity index (χ0n) is 18.4. The fourth-order valence-electron chi connectivity index (χ4n) is 4.48. The second kappa shape index (κ2) is 9.74. The van der Waals surface area contributed by atoms with Crippen LogP contribution in [0, 0.1) is 0 Å². The van der Waals surface area contributed by atoms with Gasteiger partial charge in [0.2, 0.25) is 5.91 Å². The van der Waals surface area contributed by atoms with E-state index in [0.29, 0.717) is 11.6 Å². The molecule has 0 radical (unpaired) electrons. The minimum absolute atomic E-state index is 0.0279. The zero-order valence-corrected chi connectivity index (χ0v) is 19.2. The smallest absolute Gasteiger partial charge is 0.238 e. The summed E-state index contributed by atoms with van der Waals surface area (Å²) in [5, 5.41) is 4.77.